The molecule has 5 aromatic rings. The van der Waals surface area contributed by atoms with Gasteiger partial charge in [-0.2, -0.15) is 0 Å². The van der Waals surface area contributed by atoms with Crippen LogP contribution in [0.4, 0.5) is 4.39 Å². The van der Waals surface area contributed by atoms with E-state index >= 15 is 4.39 Å². The summed E-state index contributed by atoms with van der Waals surface area (Å²) in [5, 5.41) is 11.7. The van der Waals surface area contributed by atoms with Crippen LogP contribution in [0.1, 0.15) is 67.2 Å². The minimum absolute atomic E-state index is 0.200. The second-order valence-corrected chi connectivity index (χ2v) is 12.7. The summed E-state index contributed by atoms with van der Waals surface area (Å²) < 4.78 is 21.7. The molecule has 0 spiro atoms. The van der Waals surface area contributed by atoms with Crippen LogP contribution < -0.4 is 10.8 Å². The number of carbonyl (C=O) groups excluding carboxylic acids is 2. The van der Waals surface area contributed by atoms with Gasteiger partial charge in [0.15, 0.2) is 5.60 Å². The number of benzene rings is 4. The molecule has 6 rings (SSSR count). The van der Waals surface area contributed by atoms with Gasteiger partial charge in [-0.25, -0.2) is 9.87 Å². The number of nitrogens with one attached hydrogen (secondary N) is 2. The van der Waals surface area contributed by atoms with Crippen molar-refractivity contribution in [3.8, 4) is 11.3 Å². The number of esters is 1. The number of aromatic nitrogens is 3. The highest BCUT2D eigenvalue weighted by molar-refractivity contribution is 5.82. The number of amides is 1. The molecule has 0 bridgehead atoms. The largest absolute Gasteiger partial charge is 0.468 e. The SMILES string of the molecule is COC(=O)C1(NCc2ccc(-c3cn(CCCCCC(=O)NOC(c4ccccc4)(c4ccccc4)c4ccccc4)nn3)cc2F)CCC1. The second kappa shape index (κ2) is 16.0. The zero-order chi connectivity index (χ0) is 34.8. The molecule has 0 aliphatic heterocycles. The van der Waals surface area contributed by atoms with Crippen LogP contribution in [0.3, 0.4) is 0 Å². The van der Waals surface area contributed by atoms with Crippen LogP contribution in [0.25, 0.3) is 11.3 Å². The molecule has 258 valence electrons. The van der Waals surface area contributed by atoms with Gasteiger partial charge in [0.25, 0.3) is 0 Å². The first-order valence-electron chi connectivity index (χ1n) is 17.1. The average molecular weight is 676 g/mol. The lowest BCUT2D eigenvalue weighted by Crippen LogP contribution is -2.57. The maximum absolute atomic E-state index is 15.0. The molecule has 1 aliphatic rings. The first kappa shape index (κ1) is 34.7. The van der Waals surface area contributed by atoms with E-state index in [0.29, 0.717) is 49.0 Å². The summed E-state index contributed by atoms with van der Waals surface area (Å²) in [6.45, 7) is 0.844. The number of unbranched alkanes of at least 4 members (excludes halogenated alkanes) is 2. The molecule has 9 nitrogen and oxygen atoms in total. The summed E-state index contributed by atoms with van der Waals surface area (Å²) >= 11 is 0. The number of halogens is 1. The smallest absolute Gasteiger partial charge is 0.326 e. The maximum Gasteiger partial charge on any atom is 0.326 e. The highest BCUT2D eigenvalue weighted by Crippen LogP contribution is 2.39. The van der Waals surface area contributed by atoms with Crippen LogP contribution in [0, 0.1) is 5.82 Å². The third kappa shape index (κ3) is 7.66. The van der Waals surface area contributed by atoms with Crippen LogP contribution in [0.5, 0.6) is 0 Å². The van der Waals surface area contributed by atoms with E-state index in [4.69, 9.17) is 9.57 Å². The fraction of sp³-hybridized carbons (Fsp3) is 0.300. The summed E-state index contributed by atoms with van der Waals surface area (Å²) in [7, 11) is 1.37. The Bertz CT molecular complexity index is 1770. The summed E-state index contributed by atoms with van der Waals surface area (Å²) in [5.41, 5.74) is 5.38. The lowest BCUT2D eigenvalue weighted by Gasteiger charge is -2.39. The zero-order valence-corrected chi connectivity index (χ0v) is 28.2. The number of aryl methyl sites for hydroxylation is 1. The van der Waals surface area contributed by atoms with Gasteiger partial charge in [0.1, 0.15) is 17.1 Å². The number of nitrogens with zero attached hydrogens (tertiary/aromatic N) is 3. The Morgan fingerprint density at radius 3 is 2.02 bits per heavy atom. The predicted octanol–water partition coefficient (Wildman–Crippen LogP) is 6.87. The van der Waals surface area contributed by atoms with Crippen molar-refractivity contribution >= 4 is 11.9 Å². The molecular weight excluding hydrogens is 633 g/mol. The Morgan fingerprint density at radius 1 is 0.860 bits per heavy atom. The second-order valence-electron chi connectivity index (χ2n) is 12.7. The molecule has 0 saturated heterocycles. The van der Waals surface area contributed by atoms with Crippen LogP contribution in [0.2, 0.25) is 0 Å². The molecule has 1 aromatic heterocycles. The number of hydroxylamine groups is 1. The van der Waals surface area contributed by atoms with Crippen molar-refractivity contribution in [3.63, 3.8) is 0 Å². The summed E-state index contributed by atoms with van der Waals surface area (Å²) in [6, 6.07) is 34.6. The van der Waals surface area contributed by atoms with Crippen molar-refractivity contribution in [3.05, 3.63) is 143 Å². The van der Waals surface area contributed by atoms with Crippen LogP contribution >= 0.6 is 0 Å². The molecule has 1 amide bonds. The van der Waals surface area contributed by atoms with Crippen molar-refractivity contribution in [1.82, 2.24) is 25.8 Å². The van der Waals surface area contributed by atoms with Crippen molar-refractivity contribution in [2.24, 2.45) is 0 Å². The van der Waals surface area contributed by atoms with E-state index in [0.717, 1.165) is 36.0 Å². The van der Waals surface area contributed by atoms with Crippen molar-refractivity contribution in [1.29, 1.82) is 0 Å². The van der Waals surface area contributed by atoms with E-state index in [-0.39, 0.29) is 24.2 Å². The van der Waals surface area contributed by atoms with Crippen molar-refractivity contribution in [2.45, 2.75) is 69.2 Å². The van der Waals surface area contributed by atoms with E-state index in [2.05, 4.69) is 21.1 Å². The minimum atomic E-state index is -1.03. The van der Waals surface area contributed by atoms with E-state index in [1.807, 2.05) is 97.1 Å². The minimum Gasteiger partial charge on any atom is -0.468 e. The number of ether oxygens (including phenoxy) is 1. The van der Waals surface area contributed by atoms with E-state index in [9.17, 15) is 9.59 Å². The first-order chi connectivity index (χ1) is 24.4. The molecule has 2 N–H and O–H groups in total. The summed E-state index contributed by atoms with van der Waals surface area (Å²) in [5.74, 6) is -0.879. The molecule has 1 fully saturated rings. The Balaban J connectivity index is 0.997. The first-order valence-corrected chi connectivity index (χ1v) is 17.1. The fourth-order valence-corrected chi connectivity index (χ4v) is 6.45. The molecule has 50 heavy (non-hydrogen) atoms. The predicted molar refractivity (Wildman–Crippen MR) is 188 cm³/mol. The molecule has 0 atom stereocenters. The average Bonchev–Trinajstić information content (AvgIpc) is 3.62. The van der Waals surface area contributed by atoms with Crippen molar-refractivity contribution in [2.75, 3.05) is 7.11 Å². The number of rotatable bonds is 16. The van der Waals surface area contributed by atoms with E-state index in [1.54, 1.807) is 16.9 Å². The van der Waals surface area contributed by atoms with Gasteiger partial charge in [-0.3, -0.25) is 24.4 Å². The molecule has 4 aromatic carbocycles. The van der Waals surface area contributed by atoms with Gasteiger partial charge < -0.3 is 4.74 Å². The van der Waals surface area contributed by atoms with Gasteiger partial charge in [-0.05, 0) is 54.9 Å². The van der Waals surface area contributed by atoms with E-state index in [1.165, 1.54) is 13.2 Å². The van der Waals surface area contributed by atoms with Crippen LogP contribution in [-0.4, -0.2) is 39.5 Å². The van der Waals surface area contributed by atoms with Gasteiger partial charge in [0, 0.05) is 30.6 Å². The Morgan fingerprint density at radius 2 is 1.48 bits per heavy atom. The van der Waals surface area contributed by atoms with Gasteiger partial charge >= 0.3 is 5.97 Å². The molecule has 1 saturated carbocycles. The lowest BCUT2D eigenvalue weighted by molar-refractivity contribution is -0.152. The molecule has 1 heterocycles. The number of carbonyl (C=O) groups is 2. The topological polar surface area (TPSA) is 107 Å². The lowest BCUT2D eigenvalue weighted by atomic mass is 9.76. The maximum atomic E-state index is 15.0. The van der Waals surface area contributed by atoms with E-state index < -0.39 is 11.1 Å². The highest BCUT2D eigenvalue weighted by atomic mass is 19.1. The normalized spacial score (nSPS) is 13.7. The standard InChI is InChI=1S/C40H42FN5O4/c1-49-38(48)39(24-14-25-39)42-28-31-23-22-30(27-35(31)41)36-29-46(45-43-36)26-13-5-12-21-37(47)44-50-40(32-15-6-2-7-16-32,33-17-8-3-9-18-33)34-19-10-4-11-20-34/h2-4,6-11,15-20,22-23,27,29,42H,5,12-14,21,24-26,28H2,1H3,(H,44,47). The third-order valence-electron chi connectivity index (χ3n) is 9.44. The summed E-state index contributed by atoms with van der Waals surface area (Å²) in [6.07, 6.45) is 6.66. The molecule has 0 unspecified atom stereocenters. The molecular formula is C40H42FN5O4. The van der Waals surface area contributed by atoms with Crippen molar-refractivity contribution < 1.29 is 23.6 Å². The van der Waals surface area contributed by atoms with Crippen LogP contribution in [-0.2, 0) is 37.9 Å². The number of hydrogen-bond acceptors (Lipinski definition) is 7. The number of hydrogen-bond donors (Lipinski definition) is 2. The summed E-state index contributed by atoms with van der Waals surface area (Å²) in [4.78, 5) is 31.7. The Hall–Kier alpha value is -5.19. The monoisotopic (exact) mass is 675 g/mol. The zero-order valence-electron chi connectivity index (χ0n) is 28.2. The van der Waals surface area contributed by atoms with Crippen LogP contribution in [0.15, 0.2) is 115 Å². The van der Waals surface area contributed by atoms with Gasteiger partial charge in [0.05, 0.1) is 13.3 Å². The third-order valence-corrected chi connectivity index (χ3v) is 9.44. The molecule has 1 aliphatic carbocycles. The number of methoxy groups -OCH3 is 1. The Kier molecular flexibility index (Phi) is 11.1. The Labute approximate surface area is 291 Å². The fourth-order valence-electron chi connectivity index (χ4n) is 6.45. The molecule has 10 heteroatoms. The highest BCUT2D eigenvalue weighted by Gasteiger charge is 2.45. The molecule has 0 radical (unpaired) electrons. The van der Waals surface area contributed by atoms with Gasteiger partial charge in [0.2, 0.25) is 5.91 Å². The van der Waals surface area contributed by atoms with Gasteiger partial charge in [-0.15, -0.1) is 5.10 Å². The van der Waals surface area contributed by atoms with Gasteiger partial charge in [-0.1, -0.05) is 115 Å². The quantitative estimate of drug-likeness (QED) is 0.0509.